The molecule has 1 N–H and O–H groups in total. The molecular weight excluding hydrogens is 329 g/mol. The fourth-order valence-electron chi connectivity index (χ4n) is 1.88. The molecule has 2 aromatic rings. The number of halogens is 3. The third-order valence-electron chi connectivity index (χ3n) is 2.93. The highest BCUT2D eigenvalue weighted by Crippen LogP contribution is 2.28. The first kappa shape index (κ1) is 16.4. The highest BCUT2D eigenvalue weighted by atomic mass is 35.5. The fraction of sp³-hybridized carbons (Fsp3) is 0.250. The summed E-state index contributed by atoms with van der Waals surface area (Å²) in [6.07, 6.45) is -0.0221. The number of benzene rings is 2. The molecule has 2 nitrogen and oxygen atoms in total. The van der Waals surface area contributed by atoms with Crippen molar-refractivity contribution in [1.29, 1.82) is 0 Å². The SMILES string of the molecule is CC(CNCc1ccccc1Cl)Oc1ccc(Cl)cc1Cl. The summed E-state index contributed by atoms with van der Waals surface area (Å²) >= 11 is 18.0. The van der Waals surface area contributed by atoms with Gasteiger partial charge in [0, 0.05) is 23.1 Å². The summed E-state index contributed by atoms with van der Waals surface area (Å²) in [6.45, 7) is 3.36. The summed E-state index contributed by atoms with van der Waals surface area (Å²) < 4.78 is 5.78. The van der Waals surface area contributed by atoms with Crippen LogP contribution >= 0.6 is 34.8 Å². The Hall–Kier alpha value is -0.930. The molecule has 2 aromatic carbocycles. The van der Waals surface area contributed by atoms with E-state index in [1.54, 1.807) is 18.2 Å². The maximum atomic E-state index is 6.10. The van der Waals surface area contributed by atoms with Gasteiger partial charge in [-0.2, -0.15) is 0 Å². The third kappa shape index (κ3) is 5.08. The summed E-state index contributed by atoms with van der Waals surface area (Å²) in [5.41, 5.74) is 1.07. The Kier molecular flexibility index (Phi) is 6.19. The second kappa shape index (κ2) is 7.90. The molecule has 0 aromatic heterocycles. The largest absolute Gasteiger partial charge is 0.488 e. The van der Waals surface area contributed by atoms with E-state index < -0.39 is 0 Å². The van der Waals surface area contributed by atoms with Crippen molar-refractivity contribution in [1.82, 2.24) is 5.32 Å². The zero-order valence-corrected chi connectivity index (χ0v) is 13.8. The van der Waals surface area contributed by atoms with Crippen LogP contribution in [0.1, 0.15) is 12.5 Å². The van der Waals surface area contributed by atoms with Crippen molar-refractivity contribution in [3.8, 4) is 5.75 Å². The van der Waals surface area contributed by atoms with E-state index in [9.17, 15) is 0 Å². The summed E-state index contributed by atoms with van der Waals surface area (Å²) in [7, 11) is 0. The predicted molar refractivity (Wildman–Crippen MR) is 89.7 cm³/mol. The Morgan fingerprint density at radius 2 is 1.81 bits per heavy atom. The molecular formula is C16H16Cl3NO. The van der Waals surface area contributed by atoms with E-state index in [0.717, 1.165) is 10.6 Å². The van der Waals surface area contributed by atoms with E-state index in [-0.39, 0.29) is 6.10 Å². The Morgan fingerprint density at radius 3 is 2.52 bits per heavy atom. The summed E-state index contributed by atoms with van der Waals surface area (Å²) in [6, 6.07) is 13.0. The van der Waals surface area contributed by atoms with Gasteiger partial charge in [-0.25, -0.2) is 0 Å². The molecule has 0 saturated carbocycles. The van der Waals surface area contributed by atoms with E-state index in [1.165, 1.54) is 0 Å². The van der Waals surface area contributed by atoms with Gasteiger partial charge < -0.3 is 10.1 Å². The summed E-state index contributed by atoms with van der Waals surface area (Å²) in [5.74, 6) is 0.633. The van der Waals surface area contributed by atoms with Gasteiger partial charge in [-0.1, -0.05) is 53.0 Å². The fourth-order valence-corrected chi connectivity index (χ4v) is 2.54. The van der Waals surface area contributed by atoms with Crippen LogP contribution in [0.25, 0.3) is 0 Å². The topological polar surface area (TPSA) is 21.3 Å². The molecule has 0 aliphatic rings. The lowest BCUT2D eigenvalue weighted by Gasteiger charge is -2.16. The molecule has 21 heavy (non-hydrogen) atoms. The first-order chi connectivity index (χ1) is 10.1. The van der Waals surface area contributed by atoms with Crippen LogP contribution in [-0.4, -0.2) is 12.6 Å². The van der Waals surface area contributed by atoms with Crippen molar-refractivity contribution in [3.63, 3.8) is 0 Å². The first-order valence-corrected chi connectivity index (χ1v) is 7.75. The highest BCUT2D eigenvalue weighted by Gasteiger charge is 2.08. The number of ether oxygens (including phenoxy) is 1. The van der Waals surface area contributed by atoms with Crippen molar-refractivity contribution in [2.24, 2.45) is 0 Å². The van der Waals surface area contributed by atoms with Gasteiger partial charge in [0.05, 0.1) is 5.02 Å². The first-order valence-electron chi connectivity index (χ1n) is 6.62. The standard InChI is InChI=1S/C16H16Cl3NO/c1-11(21-16-7-6-13(17)8-15(16)19)9-20-10-12-4-2-3-5-14(12)18/h2-8,11,20H,9-10H2,1H3. The van der Waals surface area contributed by atoms with Gasteiger partial charge >= 0.3 is 0 Å². The molecule has 0 aliphatic heterocycles. The quantitative estimate of drug-likeness (QED) is 0.777. The van der Waals surface area contributed by atoms with Gasteiger partial charge in [0.2, 0.25) is 0 Å². The van der Waals surface area contributed by atoms with Crippen LogP contribution in [0.2, 0.25) is 15.1 Å². The van der Waals surface area contributed by atoms with Crippen LogP contribution in [0, 0.1) is 0 Å². The van der Waals surface area contributed by atoms with E-state index >= 15 is 0 Å². The monoisotopic (exact) mass is 343 g/mol. The highest BCUT2D eigenvalue weighted by molar-refractivity contribution is 6.35. The molecule has 0 spiro atoms. The van der Waals surface area contributed by atoms with Crippen LogP contribution in [0.5, 0.6) is 5.75 Å². The Bertz CT molecular complexity index is 604. The van der Waals surface area contributed by atoms with Crippen LogP contribution in [-0.2, 0) is 6.54 Å². The van der Waals surface area contributed by atoms with Crippen LogP contribution < -0.4 is 10.1 Å². The van der Waals surface area contributed by atoms with Gasteiger partial charge in [-0.3, -0.25) is 0 Å². The number of rotatable bonds is 6. The normalized spacial score (nSPS) is 12.2. The summed E-state index contributed by atoms with van der Waals surface area (Å²) in [4.78, 5) is 0. The molecule has 2 rings (SSSR count). The molecule has 5 heteroatoms. The van der Waals surface area contributed by atoms with Crippen LogP contribution in [0.15, 0.2) is 42.5 Å². The molecule has 0 aliphatic carbocycles. The van der Waals surface area contributed by atoms with E-state index in [4.69, 9.17) is 39.5 Å². The molecule has 0 heterocycles. The number of nitrogens with one attached hydrogen (secondary N) is 1. The minimum atomic E-state index is -0.0221. The van der Waals surface area contributed by atoms with Crippen molar-refractivity contribution in [3.05, 3.63) is 63.1 Å². The minimum absolute atomic E-state index is 0.0221. The Balaban J connectivity index is 1.82. The lowest BCUT2D eigenvalue weighted by atomic mass is 10.2. The zero-order chi connectivity index (χ0) is 15.2. The maximum Gasteiger partial charge on any atom is 0.138 e. The zero-order valence-electron chi connectivity index (χ0n) is 11.6. The van der Waals surface area contributed by atoms with Crippen LogP contribution in [0.4, 0.5) is 0 Å². The Labute approximate surface area is 140 Å². The molecule has 0 fully saturated rings. The Morgan fingerprint density at radius 1 is 1.05 bits per heavy atom. The summed E-state index contributed by atoms with van der Waals surface area (Å²) in [5, 5.41) is 5.19. The van der Waals surface area contributed by atoms with Crippen molar-refractivity contribution >= 4 is 34.8 Å². The molecule has 0 amide bonds. The van der Waals surface area contributed by atoms with Gasteiger partial charge in [-0.15, -0.1) is 0 Å². The third-order valence-corrected chi connectivity index (χ3v) is 3.83. The lowest BCUT2D eigenvalue weighted by Crippen LogP contribution is -2.28. The van der Waals surface area contributed by atoms with Gasteiger partial charge in [-0.05, 0) is 36.8 Å². The van der Waals surface area contributed by atoms with Crippen LogP contribution in [0.3, 0.4) is 0 Å². The average molecular weight is 345 g/mol. The molecule has 0 saturated heterocycles. The van der Waals surface area contributed by atoms with E-state index in [0.29, 0.717) is 28.9 Å². The van der Waals surface area contributed by atoms with E-state index in [1.807, 2.05) is 31.2 Å². The molecule has 112 valence electrons. The van der Waals surface area contributed by atoms with Crippen molar-refractivity contribution < 1.29 is 4.74 Å². The lowest BCUT2D eigenvalue weighted by molar-refractivity contribution is 0.217. The number of hydrogen-bond acceptors (Lipinski definition) is 2. The van der Waals surface area contributed by atoms with Gasteiger partial charge in [0.25, 0.3) is 0 Å². The minimum Gasteiger partial charge on any atom is -0.488 e. The average Bonchev–Trinajstić information content (AvgIpc) is 2.44. The van der Waals surface area contributed by atoms with Gasteiger partial charge in [0.1, 0.15) is 11.9 Å². The maximum absolute atomic E-state index is 6.10. The van der Waals surface area contributed by atoms with E-state index in [2.05, 4.69) is 5.32 Å². The second-order valence-corrected chi connectivity index (χ2v) is 5.98. The smallest absolute Gasteiger partial charge is 0.138 e. The molecule has 1 unspecified atom stereocenters. The molecule has 0 radical (unpaired) electrons. The van der Waals surface area contributed by atoms with Gasteiger partial charge in [0.15, 0.2) is 0 Å². The molecule has 1 atom stereocenters. The number of hydrogen-bond donors (Lipinski definition) is 1. The molecule has 0 bridgehead atoms. The van der Waals surface area contributed by atoms with Crippen molar-refractivity contribution in [2.75, 3.05) is 6.54 Å². The predicted octanol–water partition coefficient (Wildman–Crippen LogP) is 5.20. The van der Waals surface area contributed by atoms with Crippen molar-refractivity contribution in [2.45, 2.75) is 19.6 Å². The second-order valence-electron chi connectivity index (χ2n) is 4.73.